The van der Waals surface area contributed by atoms with Crippen LogP contribution in [0.3, 0.4) is 0 Å². The molecule has 0 atom stereocenters. The topological polar surface area (TPSA) is 12.0 Å². The molecule has 0 aromatic heterocycles. The van der Waals surface area contributed by atoms with Crippen molar-refractivity contribution in [2.75, 3.05) is 13.1 Å². The van der Waals surface area contributed by atoms with Gasteiger partial charge in [-0.3, -0.25) is 0 Å². The van der Waals surface area contributed by atoms with E-state index in [0.717, 1.165) is 17.3 Å². The quantitative estimate of drug-likeness (QED) is 0.652. The van der Waals surface area contributed by atoms with E-state index < -0.39 is 0 Å². The van der Waals surface area contributed by atoms with Gasteiger partial charge in [-0.2, -0.15) is 0 Å². The van der Waals surface area contributed by atoms with Crippen LogP contribution in [0.5, 0.6) is 0 Å². The maximum absolute atomic E-state index is 3.54. The molecule has 13 heavy (non-hydrogen) atoms. The van der Waals surface area contributed by atoms with E-state index >= 15 is 0 Å². The molecule has 1 heteroatoms. The lowest BCUT2D eigenvalue weighted by Crippen LogP contribution is -2.30. The SMILES string of the molecule is C1CC2(CCC(C3CC3)CC2)CN1. The molecule has 0 unspecified atom stereocenters. The first kappa shape index (κ1) is 8.28. The predicted molar refractivity (Wildman–Crippen MR) is 54.6 cm³/mol. The van der Waals surface area contributed by atoms with E-state index in [9.17, 15) is 0 Å². The summed E-state index contributed by atoms with van der Waals surface area (Å²) in [5.74, 6) is 2.29. The maximum atomic E-state index is 3.54. The lowest BCUT2D eigenvalue weighted by molar-refractivity contribution is 0.158. The molecule has 3 fully saturated rings. The zero-order chi connectivity index (χ0) is 8.73. The average molecular weight is 179 g/mol. The zero-order valence-electron chi connectivity index (χ0n) is 8.52. The smallest absolute Gasteiger partial charge is 0.000829 e. The summed E-state index contributed by atoms with van der Waals surface area (Å²) in [6.45, 7) is 2.61. The number of hydrogen-bond donors (Lipinski definition) is 1. The molecule has 0 aromatic carbocycles. The van der Waals surface area contributed by atoms with E-state index in [1.54, 1.807) is 25.7 Å². The molecule has 0 aromatic rings. The minimum absolute atomic E-state index is 0.755. The number of rotatable bonds is 1. The highest BCUT2D eigenvalue weighted by atomic mass is 14.9. The van der Waals surface area contributed by atoms with Crippen LogP contribution < -0.4 is 5.32 Å². The Morgan fingerprint density at radius 1 is 0.846 bits per heavy atom. The van der Waals surface area contributed by atoms with Crippen LogP contribution in [0.4, 0.5) is 0 Å². The second kappa shape index (κ2) is 2.98. The summed E-state index contributed by atoms with van der Waals surface area (Å²) < 4.78 is 0. The maximum Gasteiger partial charge on any atom is 0.000829 e. The van der Waals surface area contributed by atoms with E-state index in [-0.39, 0.29) is 0 Å². The molecule has 1 spiro atoms. The lowest BCUT2D eigenvalue weighted by atomic mass is 9.69. The fourth-order valence-corrected chi connectivity index (χ4v) is 3.51. The summed E-state index contributed by atoms with van der Waals surface area (Å²) in [6, 6.07) is 0. The van der Waals surface area contributed by atoms with Gasteiger partial charge in [-0.15, -0.1) is 0 Å². The molecule has 1 N–H and O–H groups in total. The fourth-order valence-electron chi connectivity index (χ4n) is 3.51. The van der Waals surface area contributed by atoms with E-state index in [2.05, 4.69) is 5.32 Å². The van der Waals surface area contributed by atoms with Crippen LogP contribution in [0.25, 0.3) is 0 Å². The van der Waals surface area contributed by atoms with Crippen molar-refractivity contribution in [2.24, 2.45) is 17.3 Å². The van der Waals surface area contributed by atoms with Crippen LogP contribution >= 0.6 is 0 Å². The van der Waals surface area contributed by atoms with Gasteiger partial charge in [0.15, 0.2) is 0 Å². The molecular weight excluding hydrogens is 158 g/mol. The molecule has 1 saturated heterocycles. The summed E-state index contributed by atoms with van der Waals surface area (Å²) in [7, 11) is 0. The predicted octanol–water partition coefficient (Wildman–Crippen LogP) is 2.57. The Hall–Kier alpha value is -0.0400. The van der Waals surface area contributed by atoms with Crippen LogP contribution in [-0.4, -0.2) is 13.1 Å². The minimum Gasteiger partial charge on any atom is -0.316 e. The first-order valence-electron chi connectivity index (χ1n) is 6.09. The summed E-state index contributed by atoms with van der Waals surface area (Å²) in [5.41, 5.74) is 0.755. The summed E-state index contributed by atoms with van der Waals surface area (Å²) in [5, 5.41) is 3.54. The standard InChI is InChI=1S/C12H21N/c1-2-10(1)11-3-5-12(6-4-11)7-8-13-9-12/h10-11,13H,1-9H2. The highest BCUT2D eigenvalue weighted by Gasteiger charge is 2.41. The van der Waals surface area contributed by atoms with E-state index in [4.69, 9.17) is 0 Å². The zero-order valence-corrected chi connectivity index (χ0v) is 8.52. The molecular formula is C12H21N. The summed E-state index contributed by atoms with van der Waals surface area (Å²) in [4.78, 5) is 0. The van der Waals surface area contributed by atoms with Crippen LogP contribution in [0, 0.1) is 17.3 Å². The molecule has 0 bridgehead atoms. The van der Waals surface area contributed by atoms with Crippen molar-refractivity contribution in [1.82, 2.24) is 5.32 Å². The molecule has 1 aliphatic heterocycles. The monoisotopic (exact) mass is 179 g/mol. The molecule has 2 saturated carbocycles. The van der Waals surface area contributed by atoms with Crippen LogP contribution in [0.2, 0.25) is 0 Å². The van der Waals surface area contributed by atoms with Crippen molar-refractivity contribution in [3.05, 3.63) is 0 Å². The third-order valence-corrected chi connectivity index (χ3v) is 4.71. The average Bonchev–Trinajstić information content (AvgIpc) is 2.91. The van der Waals surface area contributed by atoms with Crippen LogP contribution in [0.15, 0.2) is 0 Å². The van der Waals surface area contributed by atoms with Gasteiger partial charge in [0.2, 0.25) is 0 Å². The van der Waals surface area contributed by atoms with Crippen molar-refractivity contribution in [3.63, 3.8) is 0 Å². The molecule has 0 amide bonds. The van der Waals surface area contributed by atoms with Crippen molar-refractivity contribution >= 4 is 0 Å². The highest BCUT2D eigenvalue weighted by molar-refractivity contribution is 4.94. The third-order valence-electron chi connectivity index (χ3n) is 4.71. The Bertz CT molecular complexity index is 179. The van der Waals surface area contributed by atoms with Crippen molar-refractivity contribution in [1.29, 1.82) is 0 Å². The Morgan fingerprint density at radius 2 is 1.54 bits per heavy atom. The molecule has 2 aliphatic carbocycles. The Morgan fingerprint density at radius 3 is 2.08 bits per heavy atom. The highest BCUT2D eigenvalue weighted by Crippen LogP contribution is 2.50. The van der Waals surface area contributed by atoms with Gasteiger partial charge in [0.05, 0.1) is 0 Å². The second-order valence-corrected chi connectivity index (χ2v) is 5.60. The summed E-state index contributed by atoms with van der Waals surface area (Å²) >= 11 is 0. The van der Waals surface area contributed by atoms with Gasteiger partial charge in [0.1, 0.15) is 0 Å². The summed E-state index contributed by atoms with van der Waals surface area (Å²) in [6.07, 6.45) is 10.7. The molecule has 3 aliphatic rings. The Kier molecular flexibility index (Phi) is 1.90. The van der Waals surface area contributed by atoms with Gasteiger partial charge in [-0.25, -0.2) is 0 Å². The van der Waals surface area contributed by atoms with Gasteiger partial charge in [-0.1, -0.05) is 0 Å². The van der Waals surface area contributed by atoms with Gasteiger partial charge < -0.3 is 5.32 Å². The Balaban J connectivity index is 1.59. The second-order valence-electron chi connectivity index (χ2n) is 5.60. The lowest BCUT2D eigenvalue weighted by Gasteiger charge is -2.36. The van der Waals surface area contributed by atoms with E-state index in [1.165, 1.54) is 32.4 Å². The van der Waals surface area contributed by atoms with Crippen LogP contribution in [-0.2, 0) is 0 Å². The van der Waals surface area contributed by atoms with Crippen LogP contribution in [0.1, 0.15) is 44.9 Å². The first-order valence-corrected chi connectivity index (χ1v) is 6.09. The van der Waals surface area contributed by atoms with Gasteiger partial charge >= 0.3 is 0 Å². The van der Waals surface area contributed by atoms with Gasteiger partial charge in [-0.05, 0) is 68.7 Å². The molecule has 0 radical (unpaired) electrons. The van der Waals surface area contributed by atoms with Crippen molar-refractivity contribution in [3.8, 4) is 0 Å². The van der Waals surface area contributed by atoms with Gasteiger partial charge in [0, 0.05) is 6.54 Å². The van der Waals surface area contributed by atoms with Gasteiger partial charge in [0.25, 0.3) is 0 Å². The fraction of sp³-hybridized carbons (Fsp3) is 1.00. The third kappa shape index (κ3) is 1.52. The molecule has 74 valence electrons. The normalized spacial score (nSPS) is 45.7. The number of hydrogen-bond acceptors (Lipinski definition) is 1. The molecule has 1 nitrogen and oxygen atoms in total. The first-order chi connectivity index (χ1) is 6.38. The molecule has 1 heterocycles. The van der Waals surface area contributed by atoms with E-state index in [0.29, 0.717) is 0 Å². The largest absolute Gasteiger partial charge is 0.316 e. The number of nitrogens with one attached hydrogen (secondary N) is 1. The van der Waals surface area contributed by atoms with E-state index in [1.807, 2.05) is 0 Å². The van der Waals surface area contributed by atoms with Crippen molar-refractivity contribution in [2.45, 2.75) is 44.9 Å². The minimum atomic E-state index is 0.755. The molecule has 3 rings (SSSR count). The Labute approximate surface area is 81.3 Å². The van der Waals surface area contributed by atoms with Crippen molar-refractivity contribution < 1.29 is 0 Å².